The molecular weight excluding hydrogens is 693 g/mol. The molecule has 6 atom stereocenters. The third-order valence-corrected chi connectivity index (χ3v) is 9.96. The van der Waals surface area contributed by atoms with E-state index in [0.29, 0.717) is 24.9 Å². The number of phenols is 1. The molecule has 0 saturated carbocycles. The van der Waals surface area contributed by atoms with E-state index >= 15 is 0 Å². The summed E-state index contributed by atoms with van der Waals surface area (Å²) in [4.78, 5) is 90.8. The summed E-state index contributed by atoms with van der Waals surface area (Å²) in [5.74, 6) is -4.78. The third kappa shape index (κ3) is 14.8. The van der Waals surface area contributed by atoms with Gasteiger partial charge in [0.1, 0.15) is 36.0 Å². The lowest BCUT2D eigenvalue weighted by atomic mass is 10.0. The van der Waals surface area contributed by atoms with E-state index in [4.69, 9.17) is 11.5 Å². The number of aromatic hydroxyl groups is 1. The molecule has 2 rings (SSSR count). The molecular formula is C31H48N8O9S2. The summed E-state index contributed by atoms with van der Waals surface area (Å²) < 4.78 is 0. The number of phenolic OH excluding ortho intramolecular Hbond substituents is 1. The molecule has 1 saturated heterocycles. The Kier molecular flexibility index (Phi) is 18.4. The van der Waals surface area contributed by atoms with Crippen molar-refractivity contribution in [1.29, 1.82) is 0 Å². The van der Waals surface area contributed by atoms with Crippen LogP contribution in [-0.2, 0) is 40.0 Å². The molecule has 1 aromatic carbocycles. The summed E-state index contributed by atoms with van der Waals surface area (Å²) in [5, 5.41) is 34.9. The number of nitrogens with two attached hydrogens (primary N) is 2. The lowest BCUT2D eigenvalue weighted by Gasteiger charge is -2.26. The topological polar surface area (TPSA) is 284 Å². The van der Waals surface area contributed by atoms with Crippen LogP contribution in [0.4, 0.5) is 0 Å². The minimum absolute atomic E-state index is 0.0230. The second-order valence-electron chi connectivity index (χ2n) is 11.6. The number of carbonyl (C=O) groups is 7. The van der Waals surface area contributed by atoms with Gasteiger partial charge >= 0.3 is 0 Å². The molecule has 17 nitrogen and oxygen atoms in total. The SMILES string of the molecule is CC[C@@H]1NC(=O)[C@H](CCCCN)NC(=O)CNC(=O)[C@H](Cc2ccc(O)cc2)NC(=O)CCSSC[C@@H](C(=O)N[C@H](C(N)=O)[C@@H](C)O)NC1=O. The predicted octanol–water partition coefficient (Wildman–Crippen LogP) is -2.33. The number of hydrogen-bond donors (Lipinski definition) is 10. The Labute approximate surface area is 298 Å². The number of rotatable bonds is 11. The predicted molar refractivity (Wildman–Crippen MR) is 188 cm³/mol. The maximum Gasteiger partial charge on any atom is 0.244 e. The van der Waals surface area contributed by atoms with E-state index in [9.17, 15) is 43.8 Å². The van der Waals surface area contributed by atoms with Gasteiger partial charge in [-0.3, -0.25) is 33.6 Å². The fraction of sp³-hybridized carbons (Fsp3) is 0.581. The van der Waals surface area contributed by atoms with Gasteiger partial charge < -0.3 is 53.6 Å². The zero-order valence-electron chi connectivity index (χ0n) is 28.1. The van der Waals surface area contributed by atoms with Gasteiger partial charge in [-0.25, -0.2) is 0 Å². The Morgan fingerprint density at radius 3 is 2.20 bits per heavy atom. The van der Waals surface area contributed by atoms with Crippen LogP contribution in [0.15, 0.2) is 24.3 Å². The van der Waals surface area contributed by atoms with Crippen LogP contribution in [-0.4, -0.2) is 112 Å². The van der Waals surface area contributed by atoms with Crippen LogP contribution in [0.2, 0.25) is 0 Å². The van der Waals surface area contributed by atoms with E-state index in [1.54, 1.807) is 19.1 Å². The lowest BCUT2D eigenvalue weighted by Crippen LogP contribution is -2.60. The average molecular weight is 741 g/mol. The van der Waals surface area contributed by atoms with Crippen molar-refractivity contribution in [2.24, 2.45) is 11.5 Å². The molecule has 7 amide bonds. The smallest absolute Gasteiger partial charge is 0.244 e. The number of unbranched alkanes of at least 4 members (excludes halogenated alkanes) is 1. The normalized spacial score (nSPS) is 23.2. The largest absolute Gasteiger partial charge is 0.508 e. The highest BCUT2D eigenvalue weighted by Gasteiger charge is 2.32. The maximum atomic E-state index is 13.4. The van der Waals surface area contributed by atoms with Crippen molar-refractivity contribution in [3.05, 3.63) is 29.8 Å². The number of carbonyl (C=O) groups excluding carboxylic acids is 7. The van der Waals surface area contributed by atoms with E-state index in [2.05, 4.69) is 31.9 Å². The minimum atomic E-state index is -1.44. The van der Waals surface area contributed by atoms with Crippen molar-refractivity contribution in [3.63, 3.8) is 0 Å². The average Bonchev–Trinajstić information content (AvgIpc) is 3.06. The molecule has 278 valence electrons. The summed E-state index contributed by atoms with van der Waals surface area (Å²) in [7, 11) is 2.36. The summed E-state index contributed by atoms with van der Waals surface area (Å²) in [6.07, 6.45) is 0.00844. The molecule has 0 spiro atoms. The first-order valence-electron chi connectivity index (χ1n) is 16.2. The second kappa shape index (κ2) is 21.9. The second-order valence-corrected chi connectivity index (χ2v) is 14.3. The van der Waals surface area contributed by atoms with Gasteiger partial charge in [0.25, 0.3) is 0 Å². The van der Waals surface area contributed by atoms with Gasteiger partial charge in [0.2, 0.25) is 41.4 Å². The number of hydrogen-bond acceptors (Lipinski definition) is 12. The standard InChI is InChI=1S/C31H48N8O9S2/c1-3-20-29(46)38-23(31(48)39-26(17(2)40)27(33)44)16-50-49-13-11-24(42)36-22(14-18-7-9-19(41)10-8-18)28(45)34-15-25(43)35-21(30(47)37-20)6-4-5-12-32/h7-10,17,20-23,26,40-41H,3-6,11-16,32H2,1-2H3,(H2,33,44)(H,34,45)(H,35,43)(H,36,42)(H,37,47)(H,38,46)(H,39,48)/t17-,20+,21+,22+,23+,26+/m1/s1. The van der Waals surface area contributed by atoms with Crippen molar-refractivity contribution in [1.82, 2.24) is 31.9 Å². The molecule has 50 heavy (non-hydrogen) atoms. The fourth-order valence-electron chi connectivity index (χ4n) is 4.71. The highest BCUT2D eigenvalue weighted by molar-refractivity contribution is 8.76. The molecule has 19 heteroatoms. The molecule has 12 N–H and O–H groups in total. The van der Waals surface area contributed by atoms with Crippen LogP contribution >= 0.6 is 21.6 Å². The summed E-state index contributed by atoms with van der Waals surface area (Å²) in [5.41, 5.74) is 11.6. The number of aliphatic hydroxyl groups excluding tert-OH is 1. The molecule has 0 unspecified atom stereocenters. The van der Waals surface area contributed by atoms with Gasteiger partial charge in [-0.2, -0.15) is 0 Å². The zero-order chi connectivity index (χ0) is 37.2. The van der Waals surface area contributed by atoms with E-state index in [1.165, 1.54) is 29.9 Å². The lowest BCUT2D eigenvalue weighted by molar-refractivity contribution is -0.134. The molecule has 0 radical (unpaired) electrons. The van der Waals surface area contributed by atoms with Crippen LogP contribution in [0, 0.1) is 0 Å². The first-order chi connectivity index (χ1) is 23.7. The van der Waals surface area contributed by atoms with Gasteiger partial charge in [-0.15, -0.1) is 0 Å². The van der Waals surface area contributed by atoms with Gasteiger partial charge in [0.15, 0.2) is 0 Å². The van der Waals surface area contributed by atoms with Crippen molar-refractivity contribution in [2.75, 3.05) is 24.6 Å². The van der Waals surface area contributed by atoms with Crippen molar-refractivity contribution in [2.45, 2.75) is 88.7 Å². The van der Waals surface area contributed by atoms with Crippen molar-refractivity contribution < 1.29 is 43.8 Å². The monoisotopic (exact) mass is 740 g/mol. The van der Waals surface area contributed by atoms with E-state index in [-0.39, 0.29) is 42.9 Å². The van der Waals surface area contributed by atoms with Crippen LogP contribution in [0.5, 0.6) is 5.75 Å². The highest BCUT2D eigenvalue weighted by Crippen LogP contribution is 2.23. The zero-order valence-corrected chi connectivity index (χ0v) is 29.7. The summed E-state index contributed by atoms with van der Waals surface area (Å²) in [6, 6.07) is 0.0897. The maximum absolute atomic E-state index is 13.4. The van der Waals surface area contributed by atoms with Gasteiger partial charge in [0.05, 0.1) is 12.6 Å². The number of amides is 7. The molecule has 0 aromatic heterocycles. The highest BCUT2D eigenvalue weighted by atomic mass is 33.1. The van der Waals surface area contributed by atoms with Crippen molar-refractivity contribution >= 4 is 62.9 Å². The van der Waals surface area contributed by atoms with Gasteiger partial charge in [-0.1, -0.05) is 40.6 Å². The molecule has 1 aliphatic heterocycles. The number of benzene rings is 1. The van der Waals surface area contributed by atoms with Crippen molar-refractivity contribution in [3.8, 4) is 5.75 Å². The van der Waals surface area contributed by atoms with Gasteiger partial charge in [-0.05, 0) is 56.8 Å². The first-order valence-corrected chi connectivity index (χ1v) is 18.7. The molecule has 1 heterocycles. The number of primary amides is 1. The Balaban J connectivity index is 2.35. The molecule has 1 aliphatic rings. The van der Waals surface area contributed by atoms with Crippen LogP contribution < -0.4 is 43.4 Å². The van der Waals surface area contributed by atoms with E-state index < -0.39 is 84.2 Å². The number of aliphatic hydroxyl groups is 1. The Bertz CT molecular complexity index is 1340. The molecule has 0 bridgehead atoms. The fourth-order valence-corrected chi connectivity index (χ4v) is 6.87. The van der Waals surface area contributed by atoms with E-state index in [1.807, 2.05) is 0 Å². The summed E-state index contributed by atoms with van der Waals surface area (Å²) in [6.45, 7) is 2.73. The molecule has 1 fully saturated rings. The van der Waals surface area contributed by atoms with E-state index in [0.717, 1.165) is 10.8 Å². The van der Waals surface area contributed by atoms with Gasteiger partial charge in [0, 0.05) is 24.3 Å². The van der Waals surface area contributed by atoms with Crippen LogP contribution in [0.25, 0.3) is 0 Å². The number of nitrogens with one attached hydrogen (secondary N) is 6. The quantitative estimate of drug-likeness (QED) is 0.0845. The first kappa shape index (κ1) is 42.1. The summed E-state index contributed by atoms with van der Waals surface area (Å²) >= 11 is 0. The van der Waals surface area contributed by atoms with Crippen LogP contribution in [0.1, 0.15) is 51.5 Å². The Morgan fingerprint density at radius 1 is 0.920 bits per heavy atom. The Hall–Kier alpha value is -4.07. The third-order valence-electron chi connectivity index (χ3n) is 7.54. The molecule has 0 aliphatic carbocycles. The van der Waals surface area contributed by atoms with Crippen LogP contribution in [0.3, 0.4) is 0 Å². The Morgan fingerprint density at radius 2 is 1.58 bits per heavy atom. The minimum Gasteiger partial charge on any atom is -0.508 e. The molecule has 1 aromatic rings.